The zero-order valence-corrected chi connectivity index (χ0v) is 18.3. The molecule has 2 aromatic carbocycles. The predicted octanol–water partition coefficient (Wildman–Crippen LogP) is 3.39. The number of para-hydroxylation sites is 1. The molecule has 0 saturated heterocycles. The molecule has 164 valence electrons. The van der Waals surface area contributed by atoms with Crippen LogP contribution in [0.15, 0.2) is 60.8 Å². The number of esters is 1. The van der Waals surface area contributed by atoms with Crippen molar-refractivity contribution in [1.82, 2.24) is 4.98 Å². The minimum Gasteiger partial charge on any atom is -0.454 e. The molecule has 0 unspecified atom stereocenters. The molecule has 0 amide bonds. The fourth-order valence-corrected chi connectivity index (χ4v) is 4.84. The quantitative estimate of drug-likeness (QED) is 0.311. The number of Topliss-reactive ketones (excluding diaryl/α,β-unsaturated/α-hetero) is 1. The van der Waals surface area contributed by atoms with Gasteiger partial charge >= 0.3 is 5.97 Å². The number of hydrogen-bond donors (Lipinski definition) is 0. The molecule has 0 N–H and O–H groups in total. The smallest absolute Gasteiger partial charge is 0.331 e. The minimum absolute atomic E-state index is 0.0193. The third-order valence-electron chi connectivity index (χ3n) is 5.36. The van der Waals surface area contributed by atoms with Crippen LogP contribution in [0.2, 0.25) is 0 Å². The zero-order valence-electron chi connectivity index (χ0n) is 17.5. The Labute approximate surface area is 186 Å². The Morgan fingerprint density at radius 2 is 1.97 bits per heavy atom. The van der Waals surface area contributed by atoms with Crippen LogP contribution in [0, 0.1) is 0 Å². The molecule has 1 aromatic heterocycles. The van der Waals surface area contributed by atoms with Crippen LogP contribution >= 0.6 is 0 Å². The molecular weight excluding hydrogens is 428 g/mol. The SMILES string of the molecule is CCS(=O)(=O)N1CCc2cc(C(=O)COC(=O)/C=C/c3cccc4cccnc34)ccc21. The topological polar surface area (TPSA) is 93.6 Å². The number of sulfonamides is 1. The van der Waals surface area contributed by atoms with Crippen LogP contribution in [0.1, 0.15) is 28.4 Å². The summed E-state index contributed by atoms with van der Waals surface area (Å²) in [6.07, 6.45) is 5.11. The van der Waals surface area contributed by atoms with Gasteiger partial charge in [-0.2, -0.15) is 0 Å². The highest BCUT2D eigenvalue weighted by Crippen LogP contribution is 2.31. The van der Waals surface area contributed by atoms with E-state index in [1.54, 1.807) is 37.4 Å². The largest absolute Gasteiger partial charge is 0.454 e. The van der Waals surface area contributed by atoms with Gasteiger partial charge in [0.1, 0.15) is 0 Å². The van der Waals surface area contributed by atoms with E-state index in [2.05, 4.69) is 4.98 Å². The Bertz CT molecular complexity index is 1330. The van der Waals surface area contributed by atoms with Crippen LogP contribution in [-0.4, -0.2) is 44.1 Å². The Morgan fingerprint density at radius 1 is 1.16 bits per heavy atom. The van der Waals surface area contributed by atoms with E-state index >= 15 is 0 Å². The lowest BCUT2D eigenvalue weighted by atomic mass is 10.1. The van der Waals surface area contributed by atoms with E-state index in [1.165, 1.54) is 10.4 Å². The van der Waals surface area contributed by atoms with Crippen molar-refractivity contribution in [1.29, 1.82) is 0 Å². The molecule has 32 heavy (non-hydrogen) atoms. The summed E-state index contributed by atoms with van der Waals surface area (Å²) in [5, 5.41) is 0.958. The molecule has 8 heteroatoms. The van der Waals surface area contributed by atoms with E-state index in [-0.39, 0.29) is 11.5 Å². The summed E-state index contributed by atoms with van der Waals surface area (Å²) in [6.45, 7) is 1.57. The average Bonchev–Trinajstić information content (AvgIpc) is 3.25. The molecule has 0 saturated carbocycles. The Balaban J connectivity index is 1.40. The van der Waals surface area contributed by atoms with E-state index in [0.29, 0.717) is 24.2 Å². The molecule has 0 spiro atoms. The van der Waals surface area contributed by atoms with Crippen LogP contribution in [0.3, 0.4) is 0 Å². The van der Waals surface area contributed by atoms with Gasteiger partial charge in [0.05, 0.1) is 17.0 Å². The van der Waals surface area contributed by atoms with Crippen molar-refractivity contribution in [2.75, 3.05) is 23.2 Å². The van der Waals surface area contributed by atoms with Crippen molar-refractivity contribution in [3.8, 4) is 0 Å². The first-order valence-corrected chi connectivity index (χ1v) is 11.8. The normalized spacial score (nSPS) is 13.5. The van der Waals surface area contributed by atoms with Crippen molar-refractivity contribution >= 4 is 44.4 Å². The molecule has 0 bridgehead atoms. The standard InChI is InChI=1S/C24H22N2O5S/c1-2-32(29,30)26-14-12-19-15-20(8-10-21(19)26)22(27)16-31-23(28)11-9-18-6-3-5-17-7-4-13-25-24(17)18/h3-11,13,15H,2,12,14,16H2,1H3/b11-9+. The average molecular weight is 451 g/mol. The molecule has 3 aromatic rings. The molecule has 1 aliphatic rings. The lowest BCUT2D eigenvalue weighted by molar-refractivity contribution is -0.136. The highest BCUT2D eigenvalue weighted by atomic mass is 32.2. The maximum atomic E-state index is 12.5. The number of nitrogens with zero attached hydrogens (tertiary/aromatic N) is 2. The van der Waals surface area contributed by atoms with Crippen molar-refractivity contribution in [3.63, 3.8) is 0 Å². The van der Waals surface area contributed by atoms with E-state index in [1.807, 2.05) is 30.3 Å². The number of carbonyl (C=O) groups excluding carboxylic acids is 2. The van der Waals surface area contributed by atoms with Crippen molar-refractivity contribution in [2.24, 2.45) is 0 Å². The molecule has 0 atom stereocenters. The molecule has 2 heterocycles. The Kier molecular flexibility index (Phi) is 6.05. The van der Waals surface area contributed by atoms with Gasteiger partial charge in [-0.3, -0.25) is 14.1 Å². The number of ether oxygens (including phenoxy) is 1. The van der Waals surface area contributed by atoms with Gasteiger partial charge in [-0.15, -0.1) is 0 Å². The highest BCUT2D eigenvalue weighted by molar-refractivity contribution is 7.92. The zero-order chi connectivity index (χ0) is 22.7. The summed E-state index contributed by atoms with van der Waals surface area (Å²) in [7, 11) is -3.34. The Morgan fingerprint density at radius 3 is 2.78 bits per heavy atom. The monoisotopic (exact) mass is 450 g/mol. The van der Waals surface area contributed by atoms with Crippen LogP contribution in [0.25, 0.3) is 17.0 Å². The van der Waals surface area contributed by atoms with E-state index in [4.69, 9.17) is 4.74 Å². The molecule has 0 aliphatic carbocycles. The molecule has 4 rings (SSSR count). The number of pyridine rings is 1. The van der Waals surface area contributed by atoms with Crippen LogP contribution in [-0.2, 0) is 26.0 Å². The van der Waals surface area contributed by atoms with E-state index < -0.39 is 22.6 Å². The van der Waals surface area contributed by atoms with Crippen molar-refractivity contribution in [3.05, 3.63) is 77.5 Å². The number of fused-ring (bicyclic) bond motifs is 2. The van der Waals surface area contributed by atoms with Crippen LogP contribution in [0.4, 0.5) is 5.69 Å². The molecular formula is C24H22N2O5S. The summed E-state index contributed by atoms with van der Waals surface area (Å²) in [4.78, 5) is 28.9. The summed E-state index contributed by atoms with van der Waals surface area (Å²) in [5.41, 5.74) is 3.33. The number of rotatable bonds is 7. The van der Waals surface area contributed by atoms with Gasteiger partial charge in [-0.05, 0) is 49.2 Å². The first-order valence-electron chi connectivity index (χ1n) is 10.2. The second kappa shape index (κ2) is 8.92. The molecule has 0 fully saturated rings. The summed E-state index contributed by atoms with van der Waals surface area (Å²) in [6, 6.07) is 14.3. The summed E-state index contributed by atoms with van der Waals surface area (Å²) >= 11 is 0. The number of ketones is 1. The van der Waals surface area contributed by atoms with E-state index in [9.17, 15) is 18.0 Å². The van der Waals surface area contributed by atoms with Gasteiger partial charge in [0, 0.05) is 35.3 Å². The first kappa shape index (κ1) is 21.7. The van der Waals surface area contributed by atoms with Crippen molar-refractivity contribution in [2.45, 2.75) is 13.3 Å². The van der Waals surface area contributed by atoms with Crippen LogP contribution in [0.5, 0.6) is 0 Å². The van der Waals surface area contributed by atoms with Crippen LogP contribution < -0.4 is 4.31 Å². The summed E-state index contributed by atoms with van der Waals surface area (Å²) < 4.78 is 30.9. The lowest BCUT2D eigenvalue weighted by Crippen LogP contribution is -2.30. The third kappa shape index (κ3) is 4.40. The number of aromatic nitrogens is 1. The fraction of sp³-hybridized carbons (Fsp3) is 0.208. The van der Waals surface area contributed by atoms with E-state index in [0.717, 1.165) is 22.0 Å². The van der Waals surface area contributed by atoms with Crippen molar-refractivity contribution < 1.29 is 22.7 Å². The van der Waals surface area contributed by atoms with Gasteiger partial charge < -0.3 is 4.74 Å². The Hall–Kier alpha value is -3.52. The fourth-order valence-electron chi connectivity index (χ4n) is 3.68. The lowest BCUT2D eigenvalue weighted by Gasteiger charge is -2.18. The van der Waals surface area contributed by atoms with Gasteiger partial charge in [0.15, 0.2) is 12.4 Å². The first-order chi connectivity index (χ1) is 15.4. The molecule has 7 nitrogen and oxygen atoms in total. The second-order valence-corrected chi connectivity index (χ2v) is 9.53. The van der Waals surface area contributed by atoms with Gasteiger partial charge in [0.25, 0.3) is 0 Å². The minimum atomic E-state index is -3.34. The number of hydrogen-bond acceptors (Lipinski definition) is 6. The second-order valence-electron chi connectivity index (χ2n) is 7.35. The van der Waals surface area contributed by atoms with Gasteiger partial charge in [-0.25, -0.2) is 13.2 Å². The maximum Gasteiger partial charge on any atom is 0.331 e. The summed E-state index contributed by atoms with van der Waals surface area (Å²) in [5.74, 6) is -0.961. The number of benzene rings is 2. The molecule has 1 aliphatic heterocycles. The number of carbonyl (C=O) groups is 2. The van der Waals surface area contributed by atoms with Gasteiger partial charge in [0.2, 0.25) is 10.0 Å². The molecule has 0 radical (unpaired) electrons. The maximum absolute atomic E-state index is 12.5. The predicted molar refractivity (Wildman–Crippen MR) is 123 cm³/mol. The third-order valence-corrected chi connectivity index (χ3v) is 7.14. The number of anilines is 1. The van der Waals surface area contributed by atoms with Gasteiger partial charge in [-0.1, -0.05) is 24.3 Å². The highest BCUT2D eigenvalue weighted by Gasteiger charge is 2.28.